The number of ether oxygens (including phenoxy) is 1. The normalized spacial score (nSPS) is 10.5. The van der Waals surface area contributed by atoms with Crippen molar-refractivity contribution in [2.45, 2.75) is 6.42 Å². The molecule has 3 rings (SSSR count). The maximum absolute atomic E-state index is 12.3. The highest BCUT2D eigenvalue weighted by atomic mass is 16.5. The van der Waals surface area contributed by atoms with Crippen molar-refractivity contribution >= 4 is 34.0 Å². The first kappa shape index (κ1) is 20.4. The molecule has 0 aliphatic rings. The zero-order valence-corrected chi connectivity index (χ0v) is 16.4. The highest BCUT2D eigenvalue weighted by Crippen LogP contribution is 2.22. The molecule has 0 bridgehead atoms. The Morgan fingerprint density at radius 1 is 0.931 bits per heavy atom. The van der Waals surface area contributed by atoms with Gasteiger partial charge in [-0.1, -0.05) is 36.4 Å². The summed E-state index contributed by atoms with van der Waals surface area (Å²) in [5.41, 5.74) is 2.14. The molecule has 3 N–H and O–H groups in total. The van der Waals surface area contributed by atoms with Gasteiger partial charge in [-0.05, 0) is 42.1 Å². The smallest absolute Gasteiger partial charge is 0.251 e. The molecular weight excluding hydrogens is 366 g/mol. The molecule has 0 radical (unpaired) electrons. The van der Waals surface area contributed by atoms with Gasteiger partial charge in [0, 0.05) is 42.6 Å². The maximum atomic E-state index is 12.3. The van der Waals surface area contributed by atoms with Crippen molar-refractivity contribution in [3.8, 4) is 0 Å². The van der Waals surface area contributed by atoms with Gasteiger partial charge in [-0.15, -0.1) is 0 Å². The molecule has 150 valence electrons. The van der Waals surface area contributed by atoms with Gasteiger partial charge >= 0.3 is 0 Å². The lowest BCUT2D eigenvalue weighted by atomic mass is 10.1. The van der Waals surface area contributed by atoms with Crippen LogP contribution >= 0.6 is 0 Å². The van der Waals surface area contributed by atoms with Crippen molar-refractivity contribution in [3.05, 3.63) is 72.3 Å². The highest BCUT2D eigenvalue weighted by molar-refractivity contribution is 6.03. The minimum atomic E-state index is -0.138. The quantitative estimate of drug-likeness (QED) is 0.487. The number of hydrogen-bond donors (Lipinski definition) is 3. The molecule has 3 aromatic carbocycles. The Morgan fingerprint density at radius 2 is 1.69 bits per heavy atom. The minimum absolute atomic E-state index is 0.124. The third-order valence-corrected chi connectivity index (χ3v) is 4.47. The van der Waals surface area contributed by atoms with Gasteiger partial charge in [0.25, 0.3) is 5.91 Å². The van der Waals surface area contributed by atoms with E-state index in [2.05, 4.69) is 16.0 Å². The van der Waals surface area contributed by atoms with Gasteiger partial charge in [-0.3, -0.25) is 9.59 Å². The Hall–Kier alpha value is -3.38. The van der Waals surface area contributed by atoms with E-state index < -0.39 is 0 Å². The molecule has 0 aliphatic heterocycles. The Kier molecular flexibility index (Phi) is 7.19. The van der Waals surface area contributed by atoms with E-state index in [1.165, 1.54) is 0 Å². The average Bonchev–Trinajstić information content (AvgIpc) is 2.76. The molecule has 29 heavy (non-hydrogen) atoms. The van der Waals surface area contributed by atoms with Crippen LogP contribution in [0.15, 0.2) is 66.7 Å². The minimum Gasteiger partial charge on any atom is -0.385 e. The maximum Gasteiger partial charge on any atom is 0.251 e. The summed E-state index contributed by atoms with van der Waals surface area (Å²) >= 11 is 0. The van der Waals surface area contributed by atoms with Crippen LogP contribution in [-0.4, -0.2) is 38.6 Å². The van der Waals surface area contributed by atoms with Crippen molar-refractivity contribution in [3.63, 3.8) is 0 Å². The zero-order valence-electron chi connectivity index (χ0n) is 16.4. The topological polar surface area (TPSA) is 79.5 Å². The molecule has 0 heterocycles. The lowest BCUT2D eigenvalue weighted by Gasteiger charge is -2.11. The van der Waals surface area contributed by atoms with Gasteiger partial charge in [0.15, 0.2) is 0 Å². The Balaban J connectivity index is 1.50. The van der Waals surface area contributed by atoms with E-state index >= 15 is 0 Å². The second kappa shape index (κ2) is 10.2. The molecule has 0 aliphatic carbocycles. The number of carbonyl (C=O) groups is 2. The van der Waals surface area contributed by atoms with E-state index in [-0.39, 0.29) is 18.4 Å². The van der Waals surface area contributed by atoms with Crippen LogP contribution in [0.4, 0.5) is 11.4 Å². The molecule has 6 heteroatoms. The lowest BCUT2D eigenvalue weighted by molar-refractivity contribution is -0.114. The summed E-state index contributed by atoms with van der Waals surface area (Å²) in [7, 11) is 1.63. The standard InChI is InChI=1S/C23H25N3O3/c1-29-15-5-14-24-23(28)18-10-12-19(13-11-18)25-16-22(27)26-21-9-4-7-17-6-2-3-8-20(17)21/h2-4,6-13,25H,5,14-16H2,1H3,(H,24,28)(H,26,27). The van der Waals surface area contributed by atoms with Crippen LogP contribution in [0.1, 0.15) is 16.8 Å². The SMILES string of the molecule is COCCCNC(=O)c1ccc(NCC(=O)Nc2cccc3ccccc23)cc1. The first-order chi connectivity index (χ1) is 14.2. The van der Waals surface area contributed by atoms with E-state index in [0.717, 1.165) is 28.6 Å². The summed E-state index contributed by atoms with van der Waals surface area (Å²) in [5, 5.41) is 10.9. The number of carbonyl (C=O) groups excluding carboxylic acids is 2. The number of hydrogen-bond acceptors (Lipinski definition) is 4. The fraction of sp³-hybridized carbons (Fsp3) is 0.217. The fourth-order valence-electron chi connectivity index (χ4n) is 2.97. The molecule has 0 saturated carbocycles. The first-order valence-electron chi connectivity index (χ1n) is 9.56. The van der Waals surface area contributed by atoms with Gasteiger partial charge in [-0.2, -0.15) is 0 Å². The highest BCUT2D eigenvalue weighted by Gasteiger charge is 2.07. The third-order valence-electron chi connectivity index (χ3n) is 4.47. The fourth-order valence-corrected chi connectivity index (χ4v) is 2.97. The van der Waals surface area contributed by atoms with Gasteiger partial charge in [-0.25, -0.2) is 0 Å². The number of methoxy groups -OCH3 is 1. The molecule has 0 atom stereocenters. The molecular formula is C23H25N3O3. The third kappa shape index (κ3) is 5.80. The van der Waals surface area contributed by atoms with E-state index in [4.69, 9.17) is 4.74 Å². The number of benzene rings is 3. The van der Waals surface area contributed by atoms with Crippen LogP contribution in [0, 0.1) is 0 Å². The number of amides is 2. The molecule has 0 spiro atoms. The van der Waals surface area contributed by atoms with Crippen molar-refractivity contribution in [2.24, 2.45) is 0 Å². The summed E-state index contributed by atoms with van der Waals surface area (Å²) in [6.45, 7) is 1.32. The molecule has 0 fully saturated rings. The Labute approximate surface area is 170 Å². The monoisotopic (exact) mass is 391 g/mol. The Morgan fingerprint density at radius 3 is 2.48 bits per heavy atom. The van der Waals surface area contributed by atoms with E-state index in [9.17, 15) is 9.59 Å². The van der Waals surface area contributed by atoms with Gasteiger partial charge in [0.2, 0.25) is 5.91 Å². The number of rotatable bonds is 9. The van der Waals surface area contributed by atoms with E-state index in [1.807, 2.05) is 42.5 Å². The zero-order chi connectivity index (χ0) is 20.5. The second-order valence-electron chi connectivity index (χ2n) is 6.61. The van der Waals surface area contributed by atoms with E-state index in [0.29, 0.717) is 18.7 Å². The van der Waals surface area contributed by atoms with Crippen LogP contribution in [0.3, 0.4) is 0 Å². The van der Waals surface area contributed by atoms with Crippen molar-refractivity contribution < 1.29 is 14.3 Å². The summed E-state index contributed by atoms with van der Waals surface area (Å²) in [4.78, 5) is 24.4. The number of anilines is 2. The van der Waals surface area contributed by atoms with Crippen LogP contribution < -0.4 is 16.0 Å². The number of nitrogens with one attached hydrogen (secondary N) is 3. The summed E-state index contributed by atoms with van der Waals surface area (Å²) < 4.78 is 4.96. The van der Waals surface area contributed by atoms with Gasteiger partial charge < -0.3 is 20.7 Å². The molecule has 6 nitrogen and oxygen atoms in total. The molecule has 2 amide bonds. The van der Waals surface area contributed by atoms with Gasteiger partial charge in [0.05, 0.1) is 6.54 Å². The van der Waals surface area contributed by atoms with E-state index in [1.54, 1.807) is 31.4 Å². The summed E-state index contributed by atoms with van der Waals surface area (Å²) in [5.74, 6) is -0.261. The Bertz CT molecular complexity index is 965. The summed E-state index contributed by atoms with van der Waals surface area (Å²) in [6.07, 6.45) is 0.772. The van der Waals surface area contributed by atoms with Crippen LogP contribution in [-0.2, 0) is 9.53 Å². The predicted octanol–water partition coefficient (Wildman–Crippen LogP) is 3.66. The van der Waals surface area contributed by atoms with Gasteiger partial charge in [0.1, 0.15) is 0 Å². The number of fused-ring (bicyclic) bond motifs is 1. The van der Waals surface area contributed by atoms with Crippen LogP contribution in [0.5, 0.6) is 0 Å². The largest absolute Gasteiger partial charge is 0.385 e. The van der Waals surface area contributed by atoms with Crippen molar-refractivity contribution in [1.29, 1.82) is 0 Å². The molecule has 0 aromatic heterocycles. The molecule has 3 aromatic rings. The van der Waals surface area contributed by atoms with Crippen LogP contribution in [0.25, 0.3) is 10.8 Å². The van der Waals surface area contributed by atoms with Crippen LogP contribution in [0.2, 0.25) is 0 Å². The summed E-state index contributed by atoms with van der Waals surface area (Å²) in [6, 6.07) is 20.8. The molecule has 0 saturated heterocycles. The first-order valence-corrected chi connectivity index (χ1v) is 9.56. The van der Waals surface area contributed by atoms with Crippen molar-refractivity contribution in [1.82, 2.24) is 5.32 Å². The second-order valence-corrected chi connectivity index (χ2v) is 6.61. The van der Waals surface area contributed by atoms with Crippen molar-refractivity contribution in [2.75, 3.05) is 37.4 Å². The average molecular weight is 391 g/mol. The predicted molar refractivity (Wildman–Crippen MR) is 116 cm³/mol. The molecule has 0 unspecified atom stereocenters. The lowest BCUT2D eigenvalue weighted by Crippen LogP contribution is -2.25.